The highest BCUT2D eigenvalue weighted by Crippen LogP contribution is 2.82. The van der Waals surface area contributed by atoms with E-state index in [-0.39, 0.29) is 65.8 Å². The monoisotopic (exact) mass is 620 g/mol. The smallest absolute Gasteiger partial charge is 0.338 e. The first-order valence-electron chi connectivity index (χ1n) is 16.1. The van der Waals surface area contributed by atoms with E-state index in [1.165, 1.54) is 14.0 Å². The minimum absolute atomic E-state index is 0.0361. The van der Waals surface area contributed by atoms with Crippen molar-refractivity contribution in [3.05, 3.63) is 45.1 Å². The van der Waals surface area contributed by atoms with Gasteiger partial charge in [-0.1, -0.05) is 19.9 Å². The van der Waals surface area contributed by atoms with Crippen LogP contribution in [-0.2, 0) is 33.4 Å². The van der Waals surface area contributed by atoms with Crippen molar-refractivity contribution >= 4 is 23.7 Å². The van der Waals surface area contributed by atoms with Gasteiger partial charge >= 0.3 is 17.9 Å². The first kappa shape index (κ1) is 29.3. The summed E-state index contributed by atoms with van der Waals surface area (Å²) in [5.74, 6) is -3.65. The molecule has 240 valence electrons. The average Bonchev–Trinajstić information content (AvgIpc) is 3.92. The maximum atomic E-state index is 14.4. The Kier molecular flexibility index (Phi) is 5.63. The standard InChI is InChI=1S/C35H40O10/c1-7-13(2)29(39)44-12-16-18-9-21-25(36)15-8-17(15)32(21,4)22-11-34(42)20-10-19(20)33(5)27(34)24(35(18,22)45-31(16)41)23(26(37)28(33)38)14(3)30(40)43-6/h7,15,17,19-22,25,28,36,38,42H,8-12H2,1-6H3/b13-7+,23-14?/t15-,17+,19+,20-,21-,22-,25+,28-,32-,33-,34-,35-/m0/s1. The number of hydrogen-bond acceptors (Lipinski definition) is 10. The van der Waals surface area contributed by atoms with Crippen molar-refractivity contribution in [3.8, 4) is 0 Å². The number of aliphatic hydroxyl groups excluding tert-OH is 2. The average molecular weight is 621 g/mol. The molecule has 0 saturated heterocycles. The number of aliphatic hydroxyl groups is 3. The van der Waals surface area contributed by atoms with Gasteiger partial charge in [0.25, 0.3) is 0 Å². The number of hydrogen-bond donors (Lipinski definition) is 3. The lowest BCUT2D eigenvalue weighted by atomic mass is 9.43. The lowest BCUT2D eigenvalue weighted by Gasteiger charge is -2.62. The van der Waals surface area contributed by atoms with E-state index in [0.717, 1.165) is 6.42 Å². The summed E-state index contributed by atoms with van der Waals surface area (Å²) in [6.07, 6.45) is 1.43. The Labute approximate surface area is 261 Å². The molecule has 0 unspecified atom stereocenters. The van der Waals surface area contributed by atoms with Gasteiger partial charge in [-0.15, -0.1) is 0 Å². The Balaban J connectivity index is 1.45. The molecule has 5 fully saturated rings. The summed E-state index contributed by atoms with van der Waals surface area (Å²) in [5, 5.41) is 36.1. The van der Waals surface area contributed by atoms with Crippen molar-refractivity contribution in [2.75, 3.05) is 13.7 Å². The van der Waals surface area contributed by atoms with Crippen LogP contribution in [0.3, 0.4) is 0 Å². The van der Waals surface area contributed by atoms with Crippen molar-refractivity contribution in [2.45, 2.75) is 83.7 Å². The Morgan fingerprint density at radius 1 is 1.04 bits per heavy atom. The number of methoxy groups -OCH3 is 1. The molecule has 8 aliphatic rings. The fourth-order valence-electron chi connectivity index (χ4n) is 11.5. The van der Waals surface area contributed by atoms with Gasteiger partial charge in [0, 0.05) is 33.6 Å². The summed E-state index contributed by atoms with van der Waals surface area (Å²) in [5.41, 5.74) is -2.95. The summed E-state index contributed by atoms with van der Waals surface area (Å²) in [4.78, 5) is 54.3. The first-order valence-corrected chi connectivity index (χ1v) is 16.1. The number of carbonyl (C=O) groups is 4. The largest absolute Gasteiger partial charge is 0.466 e. The molecule has 1 heterocycles. The molecule has 1 aliphatic heterocycles. The van der Waals surface area contributed by atoms with Crippen molar-refractivity contribution in [3.63, 3.8) is 0 Å². The topological polar surface area (TPSA) is 157 Å². The predicted octanol–water partition coefficient (Wildman–Crippen LogP) is 2.26. The van der Waals surface area contributed by atoms with Crippen molar-refractivity contribution in [2.24, 2.45) is 46.3 Å². The zero-order valence-electron chi connectivity index (χ0n) is 26.4. The van der Waals surface area contributed by atoms with E-state index in [1.807, 2.05) is 0 Å². The quantitative estimate of drug-likeness (QED) is 0.242. The molecule has 0 aromatic rings. The maximum absolute atomic E-state index is 14.4. The third-order valence-corrected chi connectivity index (χ3v) is 13.8. The van der Waals surface area contributed by atoms with Crippen LogP contribution in [0.2, 0.25) is 0 Å². The van der Waals surface area contributed by atoms with Crippen LogP contribution in [0.1, 0.15) is 60.3 Å². The van der Waals surface area contributed by atoms with E-state index in [2.05, 4.69) is 6.92 Å². The second-order valence-corrected chi connectivity index (χ2v) is 15.2. The zero-order valence-corrected chi connectivity index (χ0v) is 26.4. The van der Waals surface area contributed by atoms with E-state index < -0.39 is 63.8 Å². The van der Waals surface area contributed by atoms with E-state index in [0.29, 0.717) is 28.7 Å². The van der Waals surface area contributed by atoms with Crippen LogP contribution in [0.25, 0.3) is 0 Å². The molecule has 3 N–H and O–H groups in total. The molecule has 7 aliphatic carbocycles. The summed E-state index contributed by atoms with van der Waals surface area (Å²) < 4.78 is 17.2. The Bertz CT molecular complexity index is 1660. The van der Waals surface area contributed by atoms with Gasteiger partial charge in [0.1, 0.15) is 12.7 Å². The van der Waals surface area contributed by atoms with E-state index in [1.54, 1.807) is 26.8 Å². The van der Waals surface area contributed by atoms with E-state index in [4.69, 9.17) is 14.2 Å². The molecule has 45 heavy (non-hydrogen) atoms. The van der Waals surface area contributed by atoms with Gasteiger partial charge in [0.2, 0.25) is 0 Å². The third-order valence-electron chi connectivity index (χ3n) is 13.8. The van der Waals surface area contributed by atoms with Gasteiger partial charge < -0.3 is 29.5 Å². The fraction of sp³-hybridized carbons (Fsp3) is 0.657. The van der Waals surface area contributed by atoms with Crippen LogP contribution in [0.5, 0.6) is 0 Å². The summed E-state index contributed by atoms with van der Waals surface area (Å²) >= 11 is 0. The van der Waals surface area contributed by atoms with Crippen LogP contribution < -0.4 is 0 Å². The van der Waals surface area contributed by atoms with Crippen LogP contribution >= 0.6 is 0 Å². The minimum atomic E-state index is -1.56. The molecule has 5 saturated carbocycles. The Morgan fingerprint density at radius 3 is 2.42 bits per heavy atom. The molecule has 0 aromatic carbocycles. The fourth-order valence-corrected chi connectivity index (χ4v) is 11.5. The summed E-state index contributed by atoms with van der Waals surface area (Å²) in [6, 6.07) is 0. The number of esters is 3. The summed E-state index contributed by atoms with van der Waals surface area (Å²) in [6.45, 7) is 8.35. The van der Waals surface area contributed by atoms with Gasteiger partial charge in [-0.25, -0.2) is 14.4 Å². The number of ether oxygens (including phenoxy) is 3. The molecule has 12 atom stereocenters. The molecule has 8 rings (SSSR count). The second-order valence-electron chi connectivity index (χ2n) is 15.2. The van der Waals surface area contributed by atoms with Crippen molar-refractivity contribution in [1.82, 2.24) is 0 Å². The van der Waals surface area contributed by atoms with Gasteiger partial charge in [0.05, 0.1) is 24.4 Å². The molecule has 0 radical (unpaired) electrons. The second kappa shape index (κ2) is 8.63. The van der Waals surface area contributed by atoms with Crippen molar-refractivity contribution in [1.29, 1.82) is 0 Å². The van der Waals surface area contributed by atoms with Gasteiger partial charge in [-0.3, -0.25) is 4.79 Å². The highest BCUT2D eigenvalue weighted by molar-refractivity contribution is 6.12. The molecule has 0 amide bonds. The Morgan fingerprint density at radius 2 is 1.76 bits per heavy atom. The highest BCUT2D eigenvalue weighted by Gasteiger charge is 2.84. The minimum Gasteiger partial charge on any atom is -0.466 e. The number of allylic oxidation sites excluding steroid dienone is 1. The number of rotatable bonds is 4. The van der Waals surface area contributed by atoms with Crippen molar-refractivity contribution < 1.29 is 48.7 Å². The van der Waals surface area contributed by atoms with E-state index in [9.17, 15) is 34.5 Å². The molecule has 0 bridgehead atoms. The van der Waals surface area contributed by atoms with Crippen LogP contribution in [0.15, 0.2) is 45.1 Å². The van der Waals surface area contributed by atoms with Crippen LogP contribution in [0, 0.1) is 46.3 Å². The molecule has 1 spiro atoms. The normalized spacial score (nSPS) is 49.3. The molecular weight excluding hydrogens is 580 g/mol. The van der Waals surface area contributed by atoms with Gasteiger partial charge in [-0.05, 0) is 92.6 Å². The highest BCUT2D eigenvalue weighted by atomic mass is 16.6. The molecule has 10 heteroatoms. The lowest BCUT2D eigenvalue weighted by molar-refractivity contribution is -0.172. The molecule has 10 nitrogen and oxygen atoms in total. The maximum Gasteiger partial charge on any atom is 0.338 e. The van der Waals surface area contributed by atoms with E-state index >= 15 is 0 Å². The zero-order chi connectivity index (χ0) is 32.3. The SMILES string of the molecule is C/C=C(\C)C(=O)OCC1=C2C[C@H]3[C@H](O)[C@H]4C[C@H]4[C@]3(C)[C@@H]3C[C@@]4(O)C5=C(C(=C(C)C(=O)OC)C(=O)[C@H](O)[C@@]5(C)[C@@H]5C[C@@H]54)[C@]23OC1=O. The number of fused-ring (bicyclic) bond motifs is 7. The Hall–Kier alpha value is -3.08. The van der Waals surface area contributed by atoms with Crippen LogP contribution in [0.4, 0.5) is 0 Å². The third kappa shape index (κ3) is 3.08. The lowest BCUT2D eigenvalue weighted by Crippen LogP contribution is -2.66. The predicted molar refractivity (Wildman–Crippen MR) is 156 cm³/mol. The van der Waals surface area contributed by atoms with Gasteiger partial charge in [0.15, 0.2) is 11.4 Å². The number of carbonyl (C=O) groups excluding carboxylic acids is 4. The molecule has 0 aromatic heterocycles. The molecular formula is C35H40O10. The number of Topliss-reactive ketones (excluding diaryl/α,β-unsaturated/α-hetero) is 1. The first-order chi connectivity index (χ1) is 21.1. The van der Waals surface area contributed by atoms with Gasteiger partial charge in [-0.2, -0.15) is 0 Å². The van der Waals surface area contributed by atoms with Crippen LogP contribution in [-0.4, -0.2) is 76.1 Å². The summed E-state index contributed by atoms with van der Waals surface area (Å²) in [7, 11) is 1.21. The number of ketones is 1.